The molecule has 2 rings (SSSR count). The summed E-state index contributed by atoms with van der Waals surface area (Å²) >= 11 is 0. The van der Waals surface area contributed by atoms with Crippen LogP contribution in [0.5, 0.6) is 5.75 Å². The minimum absolute atomic E-state index is 0.0611. The van der Waals surface area contributed by atoms with Crippen LogP contribution in [-0.2, 0) is 0 Å². The van der Waals surface area contributed by atoms with Gasteiger partial charge in [-0.2, -0.15) is 0 Å². The summed E-state index contributed by atoms with van der Waals surface area (Å²) in [6, 6.07) is 5.27. The first-order valence-electron chi connectivity index (χ1n) is 6.84. The monoisotopic (exact) mass is 262 g/mol. The molecule has 2 N–H and O–H groups in total. The summed E-state index contributed by atoms with van der Waals surface area (Å²) in [4.78, 5) is 14.3. The SMILES string of the molecule is CCOc1ccc(C(=O)N2CC(C)C(C)C2)cc1N. The lowest BCUT2D eigenvalue weighted by Gasteiger charge is -2.17. The van der Waals surface area contributed by atoms with E-state index in [2.05, 4.69) is 13.8 Å². The van der Waals surface area contributed by atoms with Gasteiger partial charge >= 0.3 is 0 Å². The molecule has 1 heterocycles. The van der Waals surface area contributed by atoms with E-state index in [1.807, 2.05) is 11.8 Å². The van der Waals surface area contributed by atoms with Crippen molar-refractivity contribution in [3.8, 4) is 5.75 Å². The van der Waals surface area contributed by atoms with Crippen molar-refractivity contribution in [3.63, 3.8) is 0 Å². The largest absolute Gasteiger partial charge is 0.492 e. The quantitative estimate of drug-likeness (QED) is 0.851. The molecule has 1 aromatic rings. The Hall–Kier alpha value is -1.71. The van der Waals surface area contributed by atoms with E-state index in [1.165, 1.54) is 0 Å². The minimum Gasteiger partial charge on any atom is -0.492 e. The molecule has 1 aliphatic rings. The summed E-state index contributed by atoms with van der Waals surface area (Å²) in [5.41, 5.74) is 7.07. The van der Waals surface area contributed by atoms with Gasteiger partial charge in [-0.1, -0.05) is 13.8 Å². The van der Waals surface area contributed by atoms with Crippen LogP contribution in [0.1, 0.15) is 31.1 Å². The average Bonchev–Trinajstić information content (AvgIpc) is 2.71. The van der Waals surface area contributed by atoms with Gasteiger partial charge in [-0.05, 0) is 37.0 Å². The molecule has 1 saturated heterocycles. The average molecular weight is 262 g/mol. The van der Waals surface area contributed by atoms with Crippen molar-refractivity contribution in [1.82, 2.24) is 4.90 Å². The van der Waals surface area contributed by atoms with Crippen LogP contribution in [-0.4, -0.2) is 30.5 Å². The van der Waals surface area contributed by atoms with Gasteiger partial charge in [-0.3, -0.25) is 4.79 Å². The molecule has 4 heteroatoms. The van der Waals surface area contributed by atoms with E-state index in [1.54, 1.807) is 18.2 Å². The molecule has 0 bridgehead atoms. The highest BCUT2D eigenvalue weighted by atomic mass is 16.5. The summed E-state index contributed by atoms with van der Waals surface area (Å²) in [6.07, 6.45) is 0. The molecule has 0 spiro atoms. The number of likely N-dealkylation sites (tertiary alicyclic amines) is 1. The Balaban J connectivity index is 2.14. The van der Waals surface area contributed by atoms with Crippen molar-refractivity contribution < 1.29 is 9.53 Å². The second kappa shape index (κ2) is 5.51. The van der Waals surface area contributed by atoms with Crippen molar-refractivity contribution in [1.29, 1.82) is 0 Å². The molecule has 0 aliphatic carbocycles. The number of ether oxygens (including phenoxy) is 1. The van der Waals surface area contributed by atoms with Gasteiger partial charge < -0.3 is 15.4 Å². The highest BCUT2D eigenvalue weighted by Crippen LogP contribution is 2.26. The van der Waals surface area contributed by atoms with Gasteiger partial charge in [0.15, 0.2) is 0 Å². The number of nitrogens with two attached hydrogens (primary N) is 1. The highest BCUT2D eigenvalue weighted by Gasteiger charge is 2.29. The fraction of sp³-hybridized carbons (Fsp3) is 0.533. The molecule has 2 unspecified atom stereocenters. The zero-order chi connectivity index (χ0) is 14.0. The van der Waals surface area contributed by atoms with Crippen LogP contribution in [0, 0.1) is 11.8 Å². The van der Waals surface area contributed by atoms with Gasteiger partial charge in [0, 0.05) is 18.7 Å². The summed E-state index contributed by atoms with van der Waals surface area (Å²) in [6.45, 7) is 8.50. The number of nitrogen functional groups attached to an aromatic ring is 1. The fourth-order valence-corrected chi connectivity index (χ4v) is 2.45. The van der Waals surface area contributed by atoms with E-state index in [9.17, 15) is 4.79 Å². The predicted molar refractivity (Wildman–Crippen MR) is 76.3 cm³/mol. The van der Waals surface area contributed by atoms with Gasteiger partial charge in [0.05, 0.1) is 12.3 Å². The standard InChI is InChI=1S/C15H22N2O2/c1-4-19-14-6-5-12(7-13(14)16)15(18)17-8-10(2)11(3)9-17/h5-7,10-11H,4,8-9,16H2,1-3H3. The number of amides is 1. The highest BCUT2D eigenvalue weighted by molar-refractivity contribution is 5.95. The maximum atomic E-state index is 12.4. The maximum Gasteiger partial charge on any atom is 0.253 e. The Bertz CT molecular complexity index is 463. The molecule has 104 valence electrons. The van der Waals surface area contributed by atoms with Crippen molar-refractivity contribution in [2.45, 2.75) is 20.8 Å². The number of hydrogen-bond donors (Lipinski definition) is 1. The topological polar surface area (TPSA) is 55.6 Å². The Kier molecular flexibility index (Phi) is 3.98. The Morgan fingerprint density at radius 2 is 2.00 bits per heavy atom. The number of nitrogens with zero attached hydrogens (tertiary/aromatic N) is 1. The second-order valence-corrected chi connectivity index (χ2v) is 5.35. The van der Waals surface area contributed by atoms with Crippen LogP contribution < -0.4 is 10.5 Å². The van der Waals surface area contributed by atoms with Gasteiger partial charge in [0.25, 0.3) is 5.91 Å². The van der Waals surface area contributed by atoms with Crippen LogP contribution >= 0.6 is 0 Å². The fourth-order valence-electron chi connectivity index (χ4n) is 2.45. The first kappa shape index (κ1) is 13.7. The number of anilines is 1. The number of rotatable bonds is 3. The van der Waals surface area contributed by atoms with Crippen molar-refractivity contribution in [2.75, 3.05) is 25.4 Å². The molecule has 0 radical (unpaired) electrons. The molecule has 1 aromatic carbocycles. The zero-order valence-corrected chi connectivity index (χ0v) is 11.8. The molecule has 4 nitrogen and oxygen atoms in total. The van der Waals surface area contributed by atoms with E-state index in [0.717, 1.165) is 13.1 Å². The molecule has 2 atom stereocenters. The third-order valence-corrected chi connectivity index (χ3v) is 3.83. The van der Waals surface area contributed by atoms with Crippen molar-refractivity contribution >= 4 is 11.6 Å². The third-order valence-electron chi connectivity index (χ3n) is 3.83. The van der Waals surface area contributed by atoms with E-state index >= 15 is 0 Å². The van der Waals surface area contributed by atoms with Crippen LogP contribution in [0.3, 0.4) is 0 Å². The van der Waals surface area contributed by atoms with Gasteiger partial charge in [-0.15, -0.1) is 0 Å². The molecule has 1 amide bonds. The molecular weight excluding hydrogens is 240 g/mol. The first-order chi connectivity index (χ1) is 9.02. The lowest BCUT2D eigenvalue weighted by Crippen LogP contribution is -2.28. The minimum atomic E-state index is 0.0611. The second-order valence-electron chi connectivity index (χ2n) is 5.35. The van der Waals surface area contributed by atoms with E-state index in [0.29, 0.717) is 35.4 Å². The molecule has 0 saturated carbocycles. The van der Waals surface area contributed by atoms with Crippen molar-refractivity contribution in [2.24, 2.45) is 11.8 Å². The Labute approximate surface area is 114 Å². The Morgan fingerprint density at radius 1 is 1.37 bits per heavy atom. The van der Waals surface area contributed by atoms with Gasteiger partial charge in [0.2, 0.25) is 0 Å². The number of carbonyl (C=O) groups excluding carboxylic acids is 1. The molecule has 1 fully saturated rings. The predicted octanol–water partition coefficient (Wildman–Crippen LogP) is 2.40. The zero-order valence-electron chi connectivity index (χ0n) is 11.8. The van der Waals surface area contributed by atoms with Gasteiger partial charge in [-0.25, -0.2) is 0 Å². The smallest absolute Gasteiger partial charge is 0.253 e. The molecule has 1 aliphatic heterocycles. The van der Waals surface area contributed by atoms with E-state index < -0.39 is 0 Å². The summed E-state index contributed by atoms with van der Waals surface area (Å²) in [5, 5.41) is 0. The van der Waals surface area contributed by atoms with Crippen LogP contribution in [0.15, 0.2) is 18.2 Å². The summed E-state index contributed by atoms with van der Waals surface area (Å²) < 4.78 is 5.38. The lowest BCUT2D eigenvalue weighted by molar-refractivity contribution is 0.0785. The van der Waals surface area contributed by atoms with Crippen molar-refractivity contribution in [3.05, 3.63) is 23.8 Å². The van der Waals surface area contributed by atoms with Crippen LogP contribution in [0.2, 0.25) is 0 Å². The van der Waals surface area contributed by atoms with Gasteiger partial charge in [0.1, 0.15) is 5.75 Å². The van der Waals surface area contributed by atoms with Crippen LogP contribution in [0.4, 0.5) is 5.69 Å². The maximum absolute atomic E-state index is 12.4. The molecular formula is C15H22N2O2. The number of carbonyl (C=O) groups is 1. The molecule has 0 aromatic heterocycles. The van der Waals surface area contributed by atoms with Crippen LogP contribution in [0.25, 0.3) is 0 Å². The number of benzene rings is 1. The third kappa shape index (κ3) is 2.83. The number of hydrogen-bond acceptors (Lipinski definition) is 3. The Morgan fingerprint density at radius 3 is 2.53 bits per heavy atom. The normalized spacial score (nSPS) is 22.6. The summed E-state index contributed by atoms with van der Waals surface area (Å²) in [7, 11) is 0. The lowest BCUT2D eigenvalue weighted by atomic mass is 10.0. The summed E-state index contributed by atoms with van der Waals surface area (Å²) in [5.74, 6) is 1.82. The van der Waals surface area contributed by atoms with E-state index in [-0.39, 0.29) is 5.91 Å². The molecule has 19 heavy (non-hydrogen) atoms. The van der Waals surface area contributed by atoms with E-state index in [4.69, 9.17) is 10.5 Å². The first-order valence-corrected chi connectivity index (χ1v) is 6.84.